The van der Waals surface area contributed by atoms with Gasteiger partial charge in [0.15, 0.2) is 6.79 Å². The van der Waals surface area contributed by atoms with Gasteiger partial charge in [0, 0.05) is 19.6 Å². The summed E-state index contributed by atoms with van der Waals surface area (Å²) in [5.41, 5.74) is 0.425. The molecular formula is C29H50O7. The summed E-state index contributed by atoms with van der Waals surface area (Å²) in [6, 6.07) is 0. The van der Waals surface area contributed by atoms with E-state index >= 15 is 0 Å². The maximum atomic E-state index is 11.6. The van der Waals surface area contributed by atoms with Crippen LogP contribution in [0, 0.1) is 0 Å². The van der Waals surface area contributed by atoms with Crippen LogP contribution in [0.2, 0.25) is 0 Å². The predicted molar refractivity (Wildman–Crippen MR) is 143 cm³/mol. The summed E-state index contributed by atoms with van der Waals surface area (Å²) in [4.78, 5) is 33.0. The molecule has 2 N–H and O–H groups in total. The lowest BCUT2D eigenvalue weighted by Crippen LogP contribution is -2.05. The number of unbranched alkanes of at least 4 members (excludes halogenated alkanes) is 17. The molecule has 7 heteroatoms. The van der Waals surface area contributed by atoms with Crippen molar-refractivity contribution in [2.24, 2.45) is 0 Å². The van der Waals surface area contributed by atoms with Crippen molar-refractivity contribution in [2.45, 2.75) is 128 Å². The summed E-state index contributed by atoms with van der Waals surface area (Å²) in [5, 5.41) is 17.6. The number of allylic oxidation sites excluding steroid dienone is 2. The predicted octanol–water partition coefficient (Wildman–Crippen LogP) is 7.59. The lowest BCUT2D eigenvalue weighted by Gasteiger charge is -2.04. The van der Waals surface area contributed by atoms with Crippen LogP contribution in [-0.4, -0.2) is 42.0 Å². The first-order valence-electron chi connectivity index (χ1n) is 13.9. The smallest absolute Gasteiger partial charge is 0.333 e. The van der Waals surface area contributed by atoms with Gasteiger partial charge in [0.25, 0.3) is 0 Å². The Morgan fingerprint density at radius 3 is 1.50 bits per heavy atom. The van der Waals surface area contributed by atoms with Crippen molar-refractivity contribution in [1.82, 2.24) is 0 Å². The summed E-state index contributed by atoms with van der Waals surface area (Å²) in [7, 11) is 1.42. The topological polar surface area (TPSA) is 110 Å². The second-order valence-corrected chi connectivity index (χ2v) is 9.50. The molecule has 0 aliphatic rings. The normalized spacial score (nSPS) is 11.8. The third-order valence-corrected chi connectivity index (χ3v) is 6.07. The minimum Gasteiger partial charge on any atom is -0.481 e. The Hall–Kier alpha value is -2.15. The molecule has 0 spiro atoms. The van der Waals surface area contributed by atoms with Crippen molar-refractivity contribution in [3.05, 3.63) is 23.8 Å². The van der Waals surface area contributed by atoms with Crippen LogP contribution in [0.1, 0.15) is 128 Å². The summed E-state index contributed by atoms with van der Waals surface area (Å²) < 4.78 is 9.45. The molecule has 0 radical (unpaired) electrons. The Kier molecular flexibility index (Phi) is 24.4. The van der Waals surface area contributed by atoms with Crippen LogP contribution in [0.15, 0.2) is 23.8 Å². The lowest BCUT2D eigenvalue weighted by molar-refractivity contribution is -0.148. The SMILES string of the molecule is COCOC(=O)/C=C(\C=C\CCCCCCCCCCCCCCCCCCCC(=O)O)CC(=O)O. The van der Waals surface area contributed by atoms with E-state index < -0.39 is 17.9 Å². The zero-order valence-electron chi connectivity index (χ0n) is 22.5. The molecule has 0 aromatic carbocycles. The number of methoxy groups -OCH3 is 1. The number of aliphatic carboxylic acids is 2. The largest absolute Gasteiger partial charge is 0.481 e. The molecule has 0 aromatic heterocycles. The molecule has 0 saturated carbocycles. The maximum absolute atomic E-state index is 11.6. The van der Waals surface area contributed by atoms with E-state index in [4.69, 9.17) is 14.9 Å². The molecule has 0 atom stereocenters. The molecule has 0 heterocycles. The molecule has 0 rings (SSSR count). The molecule has 0 unspecified atom stereocenters. The van der Waals surface area contributed by atoms with Crippen LogP contribution in [0.4, 0.5) is 0 Å². The Bertz CT molecular complexity index is 625. The molecule has 36 heavy (non-hydrogen) atoms. The van der Waals surface area contributed by atoms with E-state index in [1.807, 2.05) is 6.08 Å². The number of carboxylic acids is 2. The minimum atomic E-state index is -0.983. The molecule has 0 fully saturated rings. The number of carbonyl (C=O) groups is 3. The third kappa shape index (κ3) is 26.5. The Morgan fingerprint density at radius 2 is 1.08 bits per heavy atom. The van der Waals surface area contributed by atoms with Crippen LogP contribution in [-0.2, 0) is 23.9 Å². The highest BCUT2D eigenvalue weighted by atomic mass is 16.7. The number of esters is 1. The summed E-state index contributed by atoms with van der Waals surface area (Å²) in [6.07, 6.45) is 26.7. The average molecular weight is 511 g/mol. The highest BCUT2D eigenvalue weighted by Crippen LogP contribution is 2.15. The van der Waals surface area contributed by atoms with Gasteiger partial charge >= 0.3 is 17.9 Å². The highest BCUT2D eigenvalue weighted by Gasteiger charge is 2.05. The second-order valence-electron chi connectivity index (χ2n) is 9.50. The number of hydrogen-bond donors (Lipinski definition) is 2. The quantitative estimate of drug-likeness (QED) is 0.0405. The summed E-state index contributed by atoms with van der Waals surface area (Å²) >= 11 is 0. The fourth-order valence-electron chi connectivity index (χ4n) is 4.07. The molecule has 0 aliphatic heterocycles. The van der Waals surface area contributed by atoms with Gasteiger partial charge in [-0.15, -0.1) is 0 Å². The van der Waals surface area contributed by atoms with Crippen LogP contribution < -0.4 is 0 Å². The monoisotopic (exact) mass is 510 g/mol. The van der Waals surface area contributed by atoms with E-state index in [0.29, 0.717) is 12.0 Å². The summed E-state index contributed by atoms with van der Waals surface area (Å²) in [6.45, 7) is -0.152. The maximum Gasteiger partial charge on any atom is 0.333 e. The van der Waals surface area contributed by atoms with Crippen molar-refractivity contribution < 1.29 is 34.1 Å². The number of carboxylic acid groups (broad SMARTS) is 2. The van der Waals surface area contributed by atoms with Crippen LogP contribution in [0.3, 0.4) is 0 Å². The summed E-state index contributed by atoms with van der Waals surface area (Å²) in [5.74, 6) is -2.26. The fraction of sp³-hybridized carbons (Fsp3) is 0.759. The van der Waals surface area contributed by atoms with Gasteiger partial charge in [0.1, 0.15) is 0 Å². The molecule has 0 saturated heterocycles. The number of carbonyl (C=O) groups excluding carboxylic acids is 1. The van der Waals surface area contributed by atoms with Crippen LogP contribution >= 0.6 is 0 Å². The zero-order valence-corrected chi connectivity index (χ0v) is 22.5. The Morgan fingerprint density at radius 1 is 0.639 bits per heavy atom. The molecule has 0 amide bonds. The molecule has 0 aromatic rings. The molecule has 7 nitrogen and oxygen atoms in total. The van der Waals surface area contributed by atoms with Gasteiger partial charge < -0.3 is 19.7 Å². The number of ether oxygens (including phenoxy) is 2. The van der Waals surface area contributed by atoms with Gasteiger partial charge in [-0.1, -0.05) is 108 Å². The molecule has 0 aliphatic carbocycles. The number of hydrogen-bond acceptors (Lipinski definition) is 5. The van der Waals surface area contributed by atoms with Crippen molar-refractivity contribution in [2.75, 3.05) is 13.9 Å². The van der Waals surface area contributed by atoms with E-state index in [0.717, 1.165) is 32.1 Å². The van der Waals surface area contributed by atoms with Crippen LogP contribution in [0.25, 0.3) is 0 Å². The van der Waals surface area contributed by atoms with Gasteiger partial charge in [-0.25, -0.2) is 4.79 Å². The first-order valence-corrected chi connectivity index (χ1v) is 13.9. The molecule has 0 bridgehead atoms. The zero-order chi connectivity index (χ0) is 26.7. The van der Waals surface area contributed by atoms with Crippen molar-refractivity contribution in [3.8, 4) is 0 Å². The fourth-order valence-corrected chi connectivity index (χ4v) is 4.07. The Labute approximate surface area is 218 Å². The van der Waals surface area contributed by atoms with Crippen molar-refractivity contribution >= 4 is 17.9 Å². The van der Waals surface area contributed by atoms with Gasteiger partial charge in [0.05, 0.1) is 6.42 Å². The second kappa shape index (κ2) is 25.9. The van der Waals surface area contributed by atoms with Gasteiger partial charge in [-0.05, 0) is 24.8 Å². The third-order valence-electron chi connectivity index (χ3n) is 6.07. The van der Waals surface area contributed by atoms with E-state index in [1.54, 1.807) is 6.08 Å². The first kappa shape index (κ1) is 33.8. The standard InChI is InChI=1S/C29H50O7/c1-35-25-36-29(34)24-26(23-28(32)33)21-19-17-15-13-11-9-7-5-3-2-4-6-8-10-12-14-16-18-20-22-27(30)31/h19,21,24H,2-18,20,22-23,25H2,1H3,(H,30,31)(H,32,33)/b21-19+,26-24+. The molecule has 208 valence electrons. The highest BCUT2D eigenvalue weighted by molar-refractivity contribution is 5.85. The van der Waals surface area contributed by atoms with E-state index in [9.17, 15) is 14.4 Å². The van der Waals surface area contributed by atoms with Crippen LogP contribution in [0.5, 0.6) is 0 Å². The average Bonchev–Trinajstić information content (AvgIpc) is 2.83. The lowest BCUT2D eigenvalue weighted by atomic mass is 10.0. The van der Waals surface area contributed by atoms with E-state index in [1.165, 1.54) is 96.7 Å². The Balaban J connectivity index is 3.52. The number of rotatable bonds is 26. The van der Waals surface area contributed by atoms with Crippen molar-refractivity contribution in [3.63, 3.8) is 0 Å². The van der Waals surface area contributed by atoms with Gasteiger partial charge in [-0.3, -0.25) is 9.59 Å². The van der Waals surface area contributed by atoms with E-state index in [2.05, 4.69) is 4.74 Å². The molecular weight excluding hydrogens is 460 g/mol. The first-order chi connectivity index (χ1) is 17.5. The van der Waals surface area contributed by atoms with E-state index in [-0.39, 0.29) is 13.2 Å². The van der Waals surface area contributed by atoms with Gasteiger partial charge in [0.2, 0.25) is 0 Å². The van der Waals surface area contributed by atoms with Gasteiger partial charge in [-0.2, -0.15) is 0 Å². The van der Waals surface area contributed by atoms with Crippen molar-refractivity contribution in [1.29, 1.82) is 0 Å². The minimum absolute atomic E-state index is 0.152.